The first-order chi connectivity index (χ1) is 14.2. The summed E-state index contributed by atoms with van der Waals surface area (Å²) < 4.78 is 19.0. The smallest absolute Gasteiger partial charge is 0.191 e. The molecule has 0 radical (unpaired) electrons. The number of hydrogen-bond acceptors (Lipinski definition) is 3. The van der Waals surface area contributed by atoms with E-state index in [1.54, 1.807) is 12.1 Å². The minimum Gasteiger partial charge on any atom is -0.493 e. The predicted molar refractivity (Wildman–Crippen MR) is 131 cm³/mol. The van der Waals surface area contributed by atoms with Crippen LogP contribution in [0.25, 0.3) is 0 Å². The lowest BCUT2D eigenvalue weighted by molar-refractivity contribution is 0.357. The summed E-state index contributed by atoms with van der Waals surface area (Å²) in [5.41, 5.74) is 3.60. The quantitative estimate of drug-likeness (QED) is 0.356. The minimum atomic E-state index is -0.178. The summed E-state index contributed by atoms with van der Waals surface area (Å²) in [6, 6.07) is 13.7. The molecule has 2 aliphatic rings. The van der Waals surface area contributed by atoms with Crippen LogP contribution in [0.3, 0.4) is 0 Å². The molecule has 1 fully saturated rings. The highest BCUT2D eigenvalue weighted by Gasteiger charge is 2.20. The van der Waals surface area contributed by atoms with E-state index in [9.17, 15) is 4.39 Å². The van der Waals surface area contributed by atoms with Gasteiger partial charge in [-0.25, -0.2) is 4.39 Å². The number of halogens is 2. The molecule has 0 aliphatic carbocycles. The number of fused-ring (bicyclic) bond motifs is 1. The average Bonchev–Trinajstić information content (AvgIpc) is 3.21. The molecule has 0 aromatic heterocycles. The van der Waals surface area contributed by atoms with Crippen molar-refractivity contribution < 1.29 is 9.13 Å². The van der Waals surface area contributed by atoms with Gasteiger partial charge in [0.2, 0.25) is 0 Å². The molecule has 2 N–H and O–H groups in total. The lowest BCUT2D eigenvalue weighted by Gasteiger charge is -2.34. The molecular formula is C23H30FIN4O. The summed E-state index contributed by atoms with van der Waals surface area (Å²) >= 11 is 0. The zero-order chi connectivity index (χ0) is 20.1. The van der Waals surface area contributed by atoms with Gasteiger partial charge in [-0.15, -0.1) is 24.0 Å². The predicted octanol–water partition coefficient (Wildman–Crippen LogP) is 3.76. The number of rotatable bonds is 5. The van der Waals surface area contributed by atoms with Crippen molar-refractivity contribution in [2.24, 2.45) is 4.99 Å². The fourth-order valence-corrected chi connectivity index (χ4v) is 4.06. The van der Waals surface area contributed by atoms with Gasteiger partial charge in [-0.3, -0.25) is 4.99 Å². The van der Waals surface area contributed by atoms with Crippen molar-refractivity contribution in [3.63, 3.8) is 0 Å². The van der Waals surface area contributed by atoms with Crippen LogP contribution in [-0.2, 0) is 12.8 Å². The lowest BCUT2D eigenvalue weighted by atomic mass is 10.0. The molecule has 0 saturated carbocycles. The van der Waals surface area contributed by atoms with E-state index < -0.39 is 0 Å². The molecule has 30 heavy (non-hydrogen) atoms. The first kappa shape index (κ1) is 22.7. The van der Waals surface area contributed by atoms with Gasteiger partial charge in [0, 0.05) is 44.8 Å². The molecule has 1 saturated heterocycles. The second-order valence-corrected chi connectivity index (χ2v) is 7.68. The second-order valence-electron chi connectivity index (χ2n) is 7.68. The van der Waals surface area contributed by atoms with Crippen LogP contribution >= 0.6 is 24.0 Å². The first-order valence-corrected chi connectivity index (χ1v) is 10.4. The fraction of sp³-hybridized carbons (Fsp3) is 0.435. The van der Waals surface area contributed by atoms with E-state index in [0.717, 1.165) is 69.3 Å². The van der Waals surface area contributed by atoms with Crippen LogP contribution in [0.4, 0.5) is 10.1 Å². The third-order valence-corrected chi connectivity index (χ3v) is 5.69. The van der Waals surface area contributed by atoms with E-state index in [-0.39, 0.29) is 29.8 Å². The molecule has 0 unspecified atom stereocenters. The SMILES string of the molecule is CN=C(NCCc1ccc2c(c1)CCO2)NC1CCN(c2cccc(F)c2)CC1.I. The molecule has 5 nitrogen and oxygen atoms in total. The van der Waals surface area contributed by atoms with E-state index in [4.69, 9.17) is 4.74 Å². The van der Waals surface area contributed by atoms with Gasteiger partial charge in [0.05, 0.1) is 6.61 Å². The van der Waals surface area contributed by atoms with Crippen molar-refractivity contribution >= 4 is 35.6 Å². The summed E-state index contributed by atoms with van der Waals surface area (Å²) in [5, 5.41) is 6.96. The van der Waals surface area contributed by atoms with Gasteiger partial charge in [0.15, 0.2) is 5.96 Å². The van der Waals surface area contributed by atoms with E-state index in [2.05, 4.69) is 38.7 Å². The summed E-state index contributed by atoms with van der Waals surface area (Å²) in [6.45, 7) is 3.46. The molecule has 0 bridgehead atoms. The molecule has 0 amide bonds. The van der Waals surface area contributed by atoms with Gasteiger partial charge >= 0.3 is 0 Å². The van der Waals surface area contributed by atoms with Crippen molar-refractivity contribution in [2.75, 3.05) is 38.2 Å². The van der Waals surface area contributed by atoms with Crippen LogP contribution in [0.5, 0.6) is 5.75 Å². The number of anilines is 1. The number of nitrogens with one attached hydrogen (secondary N) is 2. The summed E-state index contributed by atoms with van der Waals surface area (Å²) in [7, 11) is 1.81. The molecule has 0 spiro atoms. The monoisotopic (exact) mass is 524 g/mol. The van der Waals surface area contributed by atoms with Gasteiger partial charge in [0.25, 0.3) is 0 Å². The number of guanidine groups is 1. The number of nitrogens with zero attached hydrogens (tertiary/aromatic N) is 2. The van der Waals surface area contributed by atoms with Gasteiger partial charge in [-0.1, -0.05) is 18.2 Å². The Morgan fingerprint density at radius 3 is 2.80 bits per heavy atom. The van der Waals surface area contributed by atoms with Crippen LogP contribution in [0.1, 0.15) is 24.0 Å². The van der Waals surface area contributed by atoms with Crippen molar-refractivity contribution in [1.82, 2.24) is 10.6 Å². The number of piperidine rings is 1. The number of hydrogen-bond donors (Lipinski definition) is 2. The Labute approximate surface area is 195 Å². The molecule has 2 aromatic carbocycles. The van der Waals surface area contributed by atoms with Crippen molar-refractivity contribution in [3.8, 4) is 5.75 Å². The Morgan fingerprint density at radius 2 is 2.03 bits per heavy atom. The van der Waals surface area contributed by atoms with Crippen LogP contribution < -0.4 is 20.3 Å². The van der Waals surface area contributed by atoms with Gasteiger partial charge in [-0.05, 0) is 54.7 Å². The third kappa shape index (κ3) is 5.77. The Hall–Kier alpha value is -2.03. The maximum Gasteiger partial charge on any atom is 0.191 e. The Morgan fingerprint density at radius 1 is 1.20 bits per heavy atom. The normalized spacial score (nSPS) is 16.5. The van der Waals surface area contributed by atoms with Gasteiger partial charge < -0.3 is 20.3 Å². The molecular weight excluding hydrogens is 494 g/mol. The maximum absolute atomic E-state index is 13.5. The van der Waals surface area contributed by atoms with Crippen LogP contribution in [-0.4, -0.2) is 45.3 Å². The van der Waals surface area contributed by atoms with Crippen LogP contribution in [0.15, 0.2) is 47.5 Å². The highest BCUT2D eigenvalue weighted by Crippen LogP contribution is 2.26. The molecule has 7 heteroatoms. The van der Waals surface area contributed by atoms with Crippen molar-refractivity contribution in [2.45, 2.75) is 31.7 Å². The topological polar surface area (TPSA) is 48.9 Å². The standard InChI is InChI=1S/C23H29FN4O.HI/c1-25-23(26-11-7-17-5-6-22-18(15-17)10-14-29-22)27-20-8-12-28(13-9-20)21-4-2-3-19(24)16-21;/h2-6,15-16,20H,7-14H2,1H3,(H2,25,26,27);1H. The van der Waals surface area contributed by atoms with Gasteiger partial charge in [-0.2, -0.15) is 0 Å². The molecule has 0 atom stereocenters. The average molecular weight is 524 g/mol. The zero-order valence-electron chi connectivity index (χ0n) is 17.4. The first-order valence-electron chi connectivity index (χ1n) is 10.4. The molecule has 4 rings (SSSR count). The summed E-state index contributed by atoms with van der Waals surface area (Å²) in [5.74, 6) is 1.70. The zero-order valence-corrected chi connectivity index (χ0v) is 19.7. The van der Waals surface area contributed by atoms with Crippen molar-refractivity contribution in [1.29, 1.82) is 0 Å². The number of aliphatic imine (C=N–C) groups is 1. The van der Waals surface area contributed by atoms with Crippen LogP contribution in [0, 0.1) is 5.82 Å². The van der Waals surface area contributed by atoms with E-state index in [1.807, 2.05) is 13.1 Å². The highest BCUT2D eigenvalue weighted by atomic mass is 127. The molecule has 162 valence electrons. The second kappa shape index (κ2) is 10.8. The molecule has 2 aliphatic heterocycles. The third-order valence-electron chi connectivity index (χ3n) is 5.69. The fourth-order valence-electron chi connectivity index (χ4n) is 4.06. The number of ether oxygens (including phenoxy) is 1. The van der Waals surface area contributed by atoms with Crippen LogP contribution in [0.2, 0.25) is 0 Å². The molecule has 2 heterocycles. The minimum absolute atomic E-state index is 0. The lowest BCUT2D eigenvalue weighted by Crippen LogP contribution is -2.49. The van der Waals surface area contributed by atoms with Crippen molar-refractivity contribution in [3.05, 3.63) is 59.4 Å². The van der Waals surface area contributed by atoms with E-state index >= 15 is 0 Å². The largest absolute Gasteiger partial charge is 0.493 e. The van der Waals surface area contributed by atoms with E-state index in [0.29, 0.717) is 6.04 Å². The maximum atomic E-state index is 13.5. The Balaban J connectivity index is 0.00000256. The Bertz CT molecular complexity index is 868. The Kier molecular flexibility index (Phi) is 8.18. The number of benzene rings is 2. The molecule has 2 aromatic rings. The highest BCUT2D eigenvalue weighted by molar-refractivity contribution is 14.0. The van der Waals surface area contributed by atoms with Gasteiger partial charge in [0.1, 0.15) is 11.6 Å². The summed E-state index contributed by atoms with van der Waals surface area (Å²) in [6.07, 6.45) is 3.96. The summed E-state index contributed by atoms with van der Waals surface area (Å²) in [4.78, 5) is 6.62. The van der Waals surface area contributed by atoms with E-state index in [1.165, 1.54) is 17.2 Å².